The molecule has 1 atom stereocenters. The molecule has 2 aliphatic carbocycles. The zero-order valence-electron chi connectivity index (χ0n) is 26.4. The van der Waals surface area contributed by atoms with Gasteiger partial charge in [-0.2, -0.15) is 52.8 Å². The second-order valence-electron chi connectivity index (χ2n) is 12.9. The fourth-order valence-electron chi connectivity index (χ4n) is 4.94. The Hall–Kier alpha value is -1.83. The number of rotatable bonds is 3. The number of fused-ring (bicyclic) bond motifs is 3. The average Bonchev–Trinajstić information content (AvgIpc) is 3.68. The van der Waals surface area contributed by atoms with Crippen LogP contribution in [0, 0.1) is 18.1 Å². The minimum absolute atomic E-state index is 0. The van der Waals surface area contributed by atoms with Crippen LogP contribution in [0.25, 0.3) is 16.7 Å². The first-order valence-electron chi connectivity index (χ1n) is 14.5. The fourth-order valence-corrected chi connectivity index (χ4v) is 6.17. The summed E-state index contributed by atoms with van der Waals surface area (Å²) in [6, 6.07) is 27.8. The minimum atomic E-state index is 0. The summed E-state index contributed by atoms with van der Waals surface area (Å²) in [5.41, 5.74) is 12.7. The summed E-state index contributed by atoms with van der Waals surface area (Å²) in [5, 5.41) is 4.26. The molecule has 0 bridgehead atoms. The molecule has 4 heteroatoms. The Morgan fingerprint density at radius 3 is 2.14 bits per heavy atom. The monoisotopic (exact) mass is 702 g/mol. The fraction of sp³-hybridized carbons (Fsp3) is 0.308. The van der Waals surface area contributed by atoms with Gasteiger partial charge in [-0.15, -0.1) is 22.8 Å². The van der Waals surface area contributed by atoms with Gasteiger partial charge in [0.25, 0.3) is 0 Å². The van der Waals surface area contributed by atoms with Crippen LogP contribution in [0.2, 0.25) is 0 Å². The molecule has 0 radical (unpaired) electrons. The van der Waals surface area contributed by atoms with Crippen molar-refractivity contribution in [2.24, 2.45) is 5.92 Å². The van der Waals surface area contributed by atoms with Gasteiger partial charge in [-0.05, 0) is 33.8 Å². The van der Waals surface area contributed by atoms with Crippen molar-refractivity contribution in [1.29, 1.82) is 0 Å². The third-order valence-corrected chi connectivity index (χ3v) is 8.60. The molecule has 0 aliphatic heterocycles. The summed E-state index contributed by atoms with van der Waals surface area (Å²) in [4.78, 5) is 0. The van der Waals surface area contributed by atoms with Crippen molar-refractivity contribution in [3.63, 3.8) is 0 Å². The molecular weight excluding hydrogens is 663 g/mol. The van der Waals surface area contributed by atoms with Crippen LogP contribution >= 0.6 is 11.3 Å². The van der Waals surface area contributed by atoms with E-state index in [0.717, 1.165) is 12.8 Å². The topological polar surface area (TPSA) is 0 Å². The summed E-state index contributed by atoms with van der Waals surface area (Å²) >= 11 is 3.24. The second-order valence-corrected chi connectivity index (χ2v) is 14.7. The van der Waals surface area contributed by atoms with Crippen molar-refractivity contribution in [3.05, 3.63) is 135 Å². The van der Waals surface area contributed by atoms with Crippen molar-refractivity contribution in [2.75, 3.05) is 0 Å². The quantitative estimate of drug-likeness (QED) is 0.245. The van der Waals surface area contributed by atoms with Gasteiger partial charge in [0.05, 0.1) is 0 Å². The van der Waals surface area contributed by atoms with Crippen molar-refractivity contribution < 1.29 is 49.0 Å². The van der Waals surface area contributed by atoms with Gasteiger partial charge in [0.2, 0.25) is 0 Å². The molecule has 0 spiro atoms. The zero-order chi connectivity index (χ0) is 29.6. The predicted octanol–water partition coefficient (Wildman–Crippen LogP) is 4.38. The third-order valence-electron chi connectivity index (χ3n) is 7.41. The van der Waals surface area contributed by atoms with E-state index in [9.17, 15) is 0 Å². The van der Waals surface area contributed by atoms with E-state index in [4.69, 9.17) is 0 Å². The Kier molecular flexibility index (Phi) is 14.3. The number of thiophene rings is 1. The first-order chi connectivity index (χ1) is 19.5. The van der Waals surface area contributed by atoms with Gasteiger partial charge < -0.3 is 24.8 Å². The second kappa shape index (κ2) is 16.5. The molecule has 0 nitrogen and oxygen atoms in total. The maximum absolute atomic E-state index is 3.67. The SMILES string of the molecule is CC(C)(C)c1[c-]c2c(cc1)-c1ccc(C(C)(C)C)cc1C2.CC1[C-]=C(c2ccsc2)C=C1.[Cl-].[Cl-].[Zr+2]=[CH]Cc1ccccc1. The zero-order valence-corrected chi connectivity index (χ0v) is 31.2. The van der Waals surface area contributed by atoms with E-state index < -0.39 is 0 Å². The molecule has 2 aliphatic rings. The van der Waals surface area contributed by atoms with Crippen LogP contribution in [0.4, 0.5) is 0 Å². The van der Waals surface area contributed by atoms with Crippen molar-refractivity contribution in [3.8, 4) is 11.1 Å². The van der Waals surface area contributed by atoms with Crippen molar-refractivity contribution in [2.45, 2.75) is 72.1 Å². The van der Waals surface area contributed by atoms with E-state index in [-0.39, 0.29) is 35.6 Å². The van der Waals surface area contributed by atoms with Gasteiger partial charge in [0.1, 0.15) is 0 Å². The Labute approximate surface area is 291 Å². The van der Waals surface area contributed by atoms with Gasteiger partial charge in [-0.25, -0.2) is 0 Å². The van der Waals surface area contributed by atoms with Gasteiger partial charge in [0.15, 0.2) is 0 Å². The van der Waals surface area contributed by atoms with E-state index in [0.29, 0.717) is 5.92 Å². The molecule has 6 rings (SSSR count). The molecule has 224 valence electrons. The van der Waals surface area contributed by atoms with Crippen LogP contribution in [0.15, 0.2) is 89.6 Å². The van der Waals surface area contributed by atoms with Crippen LogP contribution < -0.4 is 24.8 Å². The van der Waals surface area contributed by atoms with Gasteiger partial charge >= 0.3 is 70.3 Å². The predicted molar refractivity (Wildman–Crippen MR) is 176 cm³/mol. The Bertz CT molecular complexity index is 1460. The van der Waals surface area contributed by atoms with E-state index in [1.54, 1.807) is 11.3 Å². The number of hydrogen-bond acceptors (Lipinski definition) is 1. The van der Waals surface area contributed by atoms with Gasteiger partial charge in [-0.3, -0.25) is 0 Å². The van der Waals surface area contributed by atoms with Gasteiger partial charge in [-0.1, -0.05) is 89.6 Å². The van der Waals surface area contributed by atoms with E-state index in [1.807, 2.05) is 6.07 Å². The van der Waals surface area contributed by atoms with Crippen molar-refractivity contribution in [1.82, 2.24) is 0 Å². The van der Waals surface area contributed by atoms with Crippen LogP contribution in [-0.2, 0) is 47.9 Å². The van der Waals surface area contributed by atoms with Gasteiger partial charge in [0, 0.05) is 0 Å². The Morgan fingerprint density at radius 2 is 1.58 bits per heavy atom. The molecule has 0 amide bonds. The summed E-state index contributed by atoms with van der Waals surface area (Å²) in [6.07, 6.45) is 9.84. The molecule has 1 unspecified atom stereocenters. The molecule has 0 saturated carbocycles. The average molecular weight is 705 g/mol. The number of halogens is 2. The molecule has 4 aromatic rings. The number of hydrogen-bond donors (Lipinski definition) is 0. The van der Waals surface area contributed by atoms with E-state index in [2.05, 4.69) is 148 Å². The molecule has 0 N–H and O–H groups in total. The molecule has 3 aromatic carbocycles. The third kappa shape index (κ3) is 10.4. The van der Waals surface area contributed by atoms with Crippen molar-refractivity contribution >= 4 is 20.6 Å². The van der Waals surface area contributed by atoms with Crippen LogP contribution in [0.5, 0.6) is 0 Å². The first-order valence-corrected chi connectivity index (χ1v) is 16.9. The van der Waals surface area contributed by atoms with E-state index in [1.165, 1.54) is 74.3 Å². The summed E-state index contributed by atoms with van der Waals surface area (Å²) in [6.45, 7) is 15.7. The van der Waals surface area contributed by atoms with Crippen LogP contribution in [-0.4, -0.2) is 3.71 Å². The molecule has 1 heterocycles. The Balaban J connectivity index is 0.000000247. The standard InChI is InChI=1S/C21H25.C10H9S.C8H8.2ClH.Zr/c1-20(2,3)16-7-9-18-14(12-16)11-15-13-17(21(4,5)6)8-10-19(15)18;1-8-2-3-9(6-8)10-4-5-11-7-10;1-2-8-6-4-3-5-7-8;;;/h7-10,12H,11H2,1-6H3;2-5,7-8H,1H3;1,3-7H,2H2;2*1H;/q2*-1;;;;+2/p-2. The summed E-state index contributed by atoms with van der Waals surface area (Å²) < 4.78 is 2.25. The Morgan fingerprint density at radius 1 is 0.884 bits per heavy atom. The first kappa shape index (κ1) is 37.4. The number of allylic oxidation sites excluding steroid dienone is 4. The molecule has 0 saturated heterocycles. The number of benzene rings is 3. The van der Waals surface area contributed by atoms with Crippen LogP contribution in [0.1, 0.15) is 81.8 Å². The molecule has 43 heavy (non-hydrogen) atoms. The van der Waals surface area contributed by atoms with Crippen LogP contribution in [0.3, 0.4) is 0 Å². The maximum atomic E-state index is 3.67. The normalized spacial score (nSPS) is 14.4. The summed E-state index contributed by atoms with van der Waals surface area (Å²) in [5.74, 6) is 0.491. The molecular formula is C39H42Cl2SZr-2. The molecule has 0 fully saturated rings. The van der Waals surface area contributed by atoms with E-state index >= 15 is 0 Å². The summed E-state index contributed by atoms with van der Waals surface area (Å²) in [7, 11) is 0. The molecule has 1 aromatic heterocycles.